The van der Waals surface area contributed by atoms with Gasteiger partial charge in [0.1, 0.15) is 11.6 Å². The van der Waals surface area contributed by atoms with Crippen LogP contribution >= 0.6 is 11.6 Å². The Labute approximate surface area is 161 Å². The van der Waals surface area contributed by atoms with Gasteiger partial charge in [0.15, 0.2) is 6.61 Å². The van der Waals surface area contributed by atoms with Crippen LogP contribution in [0.25, 0.3) is 0 Å². The number of carboxylic acids is 1. The third kappa shape index (κ3) is 4.57. The van der Waals surface area contributed by atoms with Crippen molar-refractivity contribution in [2.24, 2.45) is 5.92 Å². The number of nitrogens with zero attached hydrogens (tertiary/aromatic N) is 1. The quantitative estimate of drug-likeness (QED) is 0.781. The minimum absolute atomic E-state index is 0.0504. The first-order valence-electron chi connectivity index (χ1n) is 8.49. The van der Waals surface area contributed by atoms with Gasteiger partial charge >= 0.3 is 5.97 Å². The highest BCUT2D eigenvalue weighted by Gasteiger charge is 2.47. The highest BCUT2D eigenvalue weighted by atomic mass is 35.5. The number of rotatable bonds is 7. The van der Waals surface area contributed by atoms with E-state index in [1.165, 1.54) is 6.07 Å². The number of ether oxygens (including phenoxy) is 1. The van der Waals surface area contributed by atoms with Crippen molar-refractivity contribution in [3.8, 4) is 5.75 Å². The summed E-state index contributed by atoms with van der Waals surface area (Å²) in [6.45, 7) is -0.00826. The topological polar surface area (TPSA) is 66.8 Å². The van der Waals surface area contributed by atoms with E-state index >= 15 is 0 Å². The smallest absolute Gasteiger partial charge is 0.341 e. The molecule has 1 aliphatic carbocycles. The van der Waals surface area contributed by atoms with Gasteiger partial charge in [-0.3, -0.25) is 4.79 Å². The molecule has 0 radical (unpaired) electrons. The first kappa shape index (κ1) is 19.2. The number of amides is 1. The Bertz CT molecular complexity index is 835. The lowest BCUT2D eigenvalue weighted by Crippen LogP contribution is -2.28. The van der Waals surface area contributed by atoms with Crippen molar-refractivity contribution in [2.75, 3.05) is 13.7 Å². The predicted molar refractivity (Wildman–Crippen MR) is 98.3 cm³/mol. The van der Waals surface area contributed by atoms with Crippen LogP contribution in [-0.2, 0) is 16.1 Å². The molecule has 5 nitrogen and oxygen atoms in total. The first-order valence-corrected chi connectivity index (χ1v) is 8.87. The van der Waals surface area contributed by atoms with Gasteiger partial charge in [-0.2, -0.15) is 0 Å². The molecule has 1 aliphatic rings. The molecule has 27 heavy (non-hydrogen) atoms. The predicted octanol–water partition coefficient (Wildman–Crippen LogP) is 3.70. The van der Waals surface area contributed by atoms with Crippen LogP contribution < -0.4 is 4.74 Å². The summed E-state index contributed by atoms with van der Waals surface area (Å²) in [5.74, 6) is -1.46. The van der Waals surface area contributed by atoms with E-state index in [9.17, 15) is 14.0 Å². The summed E-state index contributed by atoms with van der Waals surface area (Å²) < 4.78 is 19.1. The molecule has 3 rings (SSSR count). The number of halogens is 2. The van der Waals surface area contributed by atoms with Crippen LogP contribution in [0.3, 0.4) is 0 Å². The van der Waals surface area contributed by atoms with Gasteiger partial charge in [-0.1, -0.05) is 29.8 Å². The molecule has 1 fully saturated rings. The summed E-state index contributed by atoms with van der Waals surface area (Å²) in [5, 5.41) is 8.96. The van der Waals surface area contributed by atoms with Gasteiger partial charge in [0, 0.05) is 36.0 Å². The van der Waals surface area contributed by atoms with Crippen molar-refractivity contribution in [3.05, 3.63) is 64.4 Å². The zero-order valence-electron chi connectivity index (χ0n) is 14.7. The largest absolute Gasteiger partial charge is 0.482 e. The van der Waals surface area contributed by atoms with Crippen molar-refractivity contribution in [3.63, 3.8) is 0 Å². The van der Waals surface area contributed by atoms with Crippen LogP contribution in [0.5, 0.6) is 5.75 Å². The van der Waals surface area contributed by atoms with E-state index in [1.807, 2.05) is 0 Å². The lowest BCUT2D eigenvalue weighted by molar-refractivity contribution is -0.139. The number of hydrogen-bond donors (Lipinski definition) is 1. The SMILES string of the molecule is CN(Cc1ccc(OCC(=O)O)cc1)C(=O)C1CC1c1c(F)cccc1Cl. The van der Waals surface area contributed by atoms with Crippen molar-refractivity contribution >= 4 is 23.5 Å². The second-order valence-corrected chi connectivity index (χ2v) is 7.01. The molecule has 0 saturated heterocycles. The van der Waals surface area contributed by atoms with Gasteiger partial charge in [0.2, 0.25) is 5.91 Å². The Morgan fingerprint density at radius 2 is 1.96 bits per heavy atom. The van der Waals surface area contributed by atoms with E-state index in [1.54, 1.807) is 48.3 Å². The van der Waals surface area contributed by atoms with Gasteiger partial charge in [-0.25, -0.2) is 9.18 Å². The number of hydrogen-bond acceptors (Lipinski definition) is 3. The molecule has 7 heteroatoms. The Balaban J connectivity index is 1.58. The standard InChI is InChI=1S/C20H19ClFNO4/c1-23(10-12-5-7-13(8-6-12)27-11-18(24)25)20(26)15-9-14(15)19-16(21)3-2-4-17(19)22/h2-8,14-15H,9-11H2,1H3,(H,24,25). The number of carboxylic acid groups (broad SMARTS) is 1. The zero-order chi connectivity index (χ0) is 19.6. The summed E-state index contributed by atoms with van der Waals surface area (Å²) in [6, 6.07) is 11.4. The molecule has 2 atom stereocenters. The first-order chi connectivity index (χ1) is 12.9. The normalized spacial score (nSPS) is 18.0. The van der Waals surface area contributed by atoms with Crippen molar-refractivity contribution in [1.82, 2.24) is 4.90 Å². The molecule has 1 N–H and O–H groups in total. The Hall–Kier alpha value is -2.60. The molecular weight excluding hydrogens is 373 g/mol. The van der Waals surface area contributed by atoms with Crippen LogP contribution in [0.15, 0.2) is 42.5 Å². The maximum Gasteiger partial charge on any atom is 0.341 e. The Morgan fingerprint density at radius 1 is 1.26 bits per heavy atom. The lowest BCUT2D eigenvalue weighted by atomic mass is 10.1. The van der Waals surface area contributed by atoms with Crippen molar-refractivity contribution < 1.29 is 23.8 Å². The molecule has 0 aliphatic heterocycles. The molecule has 142 valence electrons. The van der Waals surface area contributed by atoms with E-state index in [2.05, 4.69) is 0 Å². The number of aliphatic carboxylic acids is 1. The van der Waals surface area contributed by atoms with Crippen LogP contribution in [-0.4, -0.2) is 35.5 Å². The molecule has 0 spiro atoms. The van der Waals surface area contributed by atoms with Crippen LogP contribution in [0.1, 0.15) is 23.5 Å². The minimum atomic E-state index is -1.04. The molecular formula is C20H19ClFNO4. The third-order valence-corrected chi connectivity index (χ3v) is 4.89. The van der Waals surface area contributed by atoms with Gasteiger partial charge < -0.3 is 14.7 Å². The maximum absolute atomic E-state index is 14.0. The van der Waals surface area contributed by atoms with E-state index in [0.717, 1.165) is 5.56 Å². The average molecular weight is 392 g/mol. The monoisotopic (exact) mass is 391 g/mol. The molecule has 2 unspecified atom stereocenters. The van der Waals surface area contributed by atoms with E-state index in [-0.39, 0.29) is 23.6 Å². The fraction of sp³-hybridized carbons (Fsp3) is 0.300. The minimum Gasteiger partial charge on any atom is -0.482 e. The summed E-state index contributed by atoms with van der Waals surface area (Å²) in [5.41, 5.74) is 1.31. The number of benzene rings is 2. The molecule has 1 saturated carbocycles. The summed E-state index contributed by atoms with van der Waals surface area (Å²) in [7, 11) is 1.70. The van der Waals surface area contributed by atoms with Crippen LogP contribution in [0, 0.1) is 11.7 Å². The van der Waals surface area contributed by atoms with E-state index in [0.29, 0.717) is 29.3 Å². The van der Waals surface area contributed by atoms with Gasteiger partial charge in [0.25, 0.3) is 0 Å². The number of carbonyl (C=O) groups is 2. The highest BCUT2D eigenvalue weighted by Crippen LogP contribution is 2.51. The fourth-order valence-corrected chi connectivity index (χ4v) is 3.43. The molecule has 0 bridgehead atoms. The summed E-state index contributed by atoms with van der Waals surface area (Å²) in [4.78, 5) is 24.7. The third-order valence-electron chi connectivity index (χ3n) is 4.56. The second-order valence-electron chi connectivity index (χ2n) is 6.60. The Kier molecular flexibility index (Phi) is 5.65. The summed E-state index contributed by atoms with van der Waals surface area (Å²) >= 11 is 6.09. The molecule has 2 aromatic carbocycles. The molecule has 2 aromatic rings. The Morgan fingerprint density at radius 3 is 2.59 bits per heavy atom. The maximum atomic E-state index is 14.0. The van der Waals surface area contributed by atoms with E-state index in [4.69, 9.17) is 21.4 Å². The zero-order valence-corrected chi connectivity index (χ0v) is 15.4. The molecule has 1 amide bonds. The second kappa shape index (κ2) is 7.96. The lowest BCUT2D eigenvalue weighted by Gasteiger charge is -2.18. The molecule has 0 aromatic heterocycles. The molecule has 0 heterocycles. The average Bonchev–Trinajstić information content (AvgIpc) is 3.40. The van der Waals surface area contributed by atoms with Gasteiger partial charge in [-0.05, 0) is 36.2 Å². The fourth-order valence-electron chi connectivity index (χ4n) is 3.12. The highest BCUT2D eigenvalue weighted by molar-refractivity contribution is 6.31. The van der Waals surface area contributed by atoms with Gasteiger partial charge in [0.05, 0.1) is 0 Å². The number of carbonyl (C=O) groups excluding carboxylic acids is 1. The van der Waals surface area contributed by atoms with Gasteiger partial charge in [-0.15, -0.1) is 0 Å². The summed E-state index contributed by atoms with van der Waals surface area (Å²) in [6.07, 6.45) is 0.589. The van der Waals surface area contributed by atoms with Crippen LogP contribution in [0.2, 0.25) is 5.02 Å². The van der Waals surface area contributed by atoms with Crippen molar-refractivity contribution in [2.45, 2.75) is 18.9 Å². The van der Waals surface area contributed by atoms with E-state index < -0.39 is 12.6 Å². The van der Waals surface area contributed by atoms with Crippen molar-refractivity contribution in [1.29, 1.82) is 0 Å². The van der Waals surface area contributed by atoms with Crippen LogP contribution in [0.4, 0.5) is 4.39 Å².